The number of benzene rings is 1. The van der Waals surface area contributed by atoms with Crippen molar-refractivity contribution >= 4 is 5.97 Å². The van der Waals surface area contributed by atoms with E-state index in [4.69, 9.17) is 9.63 Å². The first-order valence-electron chi connectivity index (χ1n) is 8.24. The predicted molar refractivity (Wildman–Crippen MR) is 88.3 cm³/mol. The van der Waals surface area contributed by atoms with E-state index in [1.54, 1.807) is 12.1 Å². The monoisotopic (exact) mass is 348 g/mol. The van der Waals surface area contributed by atoms with Crippen LogP contribution >= 0.6 is 0 Å². The topological polar surface area (TPSA) is 82.7 Å². The number of carboxylic acids is 1. The van der Waals surface area contributed by atoms with Gasteiger partial charge >= 0.3 is 5.97 Å². The van der Waals surface area contributed by atoms with Crippen molar-refractivity contribution in [2.45, 2.75) is 25.4 Å². The van der Waals surface area contributed by atoms with E-state index < -0.39 is 5.97 Å². The number of carbonyl (C=O) groups is 1. The zero-order valence-corrected chi connectivity index (χ0v) is 14.1. The minimum atomic E-state index is -0.802. The average Bonchev–Trinajstić information content (AvgIpc) is 3.04. The quantitative estimate of drug-likeness (QED) is 0.853. The molecule has 1 aromatic carbocycles. The second-order valence-electron chi connectivity index (χ2n) is 6.33. The van der Waals surface area contributed by atoms with E-state index in [2.05, 4.69) is 15.0 Å². The summed E-state index contributed by atoms with van der Waals surface area (Å²) in [6, 6.07) is 6.25. The molecular weight excluding hydrogens is 327 g/mol. The summed E-state index contributed by atoms with van der Waals surface area (Å²) >= 11 is 0. The van der Waals surface area contributed by atoms with Crippen molar-refractivity contribution in [1.29, 1.82) is 0 Å². The van der Waals surface area contributed by atoms with E-state index in [1.165, 1.54) is 12.1 Å². The van der Waals surface area contributed by atoms with Crippen molar-refractivity contribution in [2.75, 3.05) is 26.7 Å². The zero-order chi connectivity index (χ0) is 17.8. The molecule has 0 spiro atoms. The first-order valence-corrected chi connectivity index (χ1v) is 8.24. The van der Waals surface area contributed by atoms with Crippen molar-refractivity contribution < 1.29 is 18.8 Å². The van der Waals surface area contributed by atoms with Gasteiger partial charge in [0.15, 0.2) is 0 Å². The Labute approximate surface area is 145 Å². The van der Waals surface area contributed by atoms with Crippen molar-refractivity contribution in [3.8, 4) is 11.4 Å². The number of aromatic nitrogens is 2. The van der Waals surface area contributed by atoms with Crippen LogP contribution in [0.15, 0.2) is 28.8 Å². The van der Waals surface area contributed by atoms with Gasteiger partial charge < -0.3 is 9.63 Å². The highest BCUT2D eigenvalue weighted by molar-refractivity contribution is 5.69. The van der Waals surface area contributed by atoms with Crippen LogP contribution < -0.4 is 0 Å². The molecule has 2 aromatic rings. The molecule has 0 bridgehead atoms. The lowest BCUT2D eigenvalue weighted by Crippen LogP contribution is -2.44. The Balaban J connectivity index is 1.53. The summed E-state index contributed by atoms with van der Waals surface area (Å²) in [4.78, 5) is 19.3. The molecule has 0 unspecified atom stereocenters. The largest absolute Gasteiger partial charge is 0.480 e. The Kier molecular flexibility index (Phi) is 5.40. The summed E-state index contributed by atoms with van der Waals surface area (Å²) < 4.78 is 18.3. The number of hydrogen-bond acceptors (Lipinski definition) is 6. The number of rotatable bonds is 6. The molecule has 8 heteroatoms. The number of piperidine rings is 1. The Bertz CT molecular complexity index is 711. The van der Waals surface area contributed by atoms with Gasteiger partial charge in [0.1, 0.15) is 5.82 Å². The fourth-order valence-corrected chi connectivity index (χ4v) is 3.09. The van der Waals surface area contributed by atoms with E-state index in [0.29, 0.717) is 23.8 Å². The van der Waals surface area contributed by atoms with Crippen LogP contribution in [0.25, 0.3) is 11.4 Å². The van der Waals surface area contributed by atoms with Crippen LogP contribution in [0.4, 0.5) is 4.39 Å². The molecule has 25 heavy (non-hydrogen) atoms. The van der Waals surface area contributed by atoms with E-state index >= 15 is 0 Å². The molecule has 0 radical (unpaired) electrons. The summed E-state index contributed by atoms with van der Waals surface area (Å²) in [5.41, 5.74) is 0.713. The van der Waals surface area contributed by atoms with Crippen LogP contribution in [0.3, 0.4) is 0 Å². The number of halogens is 1. The highest BCUT2D eigenvalue weighted by Gasteiger charge is 2.24. The molecule has 2 heterocycles. The van der Waals surface area contributed by atoms with Gasteiger partial charge in [0.25, 0.3) is 0 Å². The van der Waals surface area contributed by atoms with Crippen molar-refractivity contribution in [3.63, 3.8) is 0 Å². The third-order valence-electron chi connectivity index (χ3n) is 4.49. The first-order chi connectivity index (χ1) is 12.0. The van der Waals surface area contributed by atoms with Gasteiger partial charge in [-0.1, -0.05) is 5.16 Å². The number of nitrogens with zero attached hydrogens (tertiary/aromatic N) is 4. The second-order valence-corrected chi connectivity index (χ2v) is 6.33. The van der Waals surface area contributed by atoms with Gasteiger partial charge in [-0.25, -0.2) is 4.39 Å². The summed E-state index contributed by atoms with van der Waals surface area (Å²) in [5, 5.41) is 12.8. The number of hydrogen-bond donors (Lipinski definition) is 1. The van der Waals surface area contributed by atoms with Crippen molar-refractivity contribution in [3.05, 3.63) is 36.0 Å². The maximum absolute atomic E-state index is 13.0. The van der Waals surface area contributed by atoms with Crippen LogP contribution in [0.1, 0.15) is 18.7 Å². The zero-order valence-electron chi connectivity index (χ0n) is 14.1. The Morgan fingerprint density at radius 2 is 2.04 bits per heavy atom. The summed E-state index contributed by atoms with van der Waals surface area (Å²) in [6.07, 6.45) is 1.81. The maximum atomic E-state index is 13.0. The molecule has 0 aliphatic carbocycles. The molecular formula is C17H21FN4O3. The summed E-state index contributed by atoms with van der Waals surface area (Å²) in [7, 11) is 1.85. The maximum Gasteiger partial charge on any atom is 0.317 e. The van der Waals surface area contributed by atoms with Gasteiger partial charge in [-0.15, -0.1) is 0 Å². The minimum Gasteiger partial charge on any atom is -0.480 e. The molecule has 3 rings (SSSR count). The Morgan fingerprint density at radius 3 is 2.68 bits per heavy atom. The van der Waals surface area contributed by atoms with Gasteiger partial charge in [-0.05, 0) is 44.2 Å². The highest BCUT2D eigenvalue weighted by Crippen LogP contribution is 2.19. The van der Waals surface area contributed by atoms with E-state index in [1.807, 2.05) is 11.9 Å². The Hall–Kier alpha value is -2.32. The van der Waals surface area contributed by atoms with Gasteiger partial charge in [0.05, 0.1) is 13.1 Å². The molecule has 1 fully saturated rings. The molecule has 1 saturated heterocycles. The fourth-order valence-electron chi connectivity index (χ4n) is 3.09. The standard InChI is InChI=1S/C17H21FN4O3/c1-21(11-16(23)24)14-6-8-22(9-7-14)10-15-19-17(20-25-15)12-2-4-13(18)5-3-12/h2-5,14H,6-11H2,1H3,(H,23,24). The molecule has 0 saturated carbocycles. The smallest absolute Gasteiger partial charge is 0.317 e. The number of carboxylic acid groups (broad SMARTS) is 1. The lowest BCUT2D eigenvalue weighted by Gasteiger charge is -2.35. The van der Waals surface area contributed by atoms with Crippen LogP contribution in [0.2, 0.25) is 0 Å². The molecule has 134 valence electrons. The summed E-state index contributed by atoms with van der Waals surface area (Å²) in [6.45, 7) is 2.32. The lowest BCUT2D eigenvalue weighted by atomic mass is 10.0. The lowest BCUT2D eigenvalue weighted by molar-refractivity contribution is -0.138. The predicted octanol–water partition coefficient (Wildman–Crippen LogP) is 1.86. The third kappa shape index (κ3) is 4.61. The van der Waals surface area contributed by atoms with E-state index in [-0.39, 0.29) is 18.4 Å². The van der Waals surface area contributed by atoms with Crippen molar-refractivity contribution in [1.82, 2.24) is 19.9 Å². The van der Waals surface area contributed by atoms with Crippen LogP contribution in [-0.2, 0) is 11.3 Å². The van der Waals surface area contributed by atoms with Crippen LogP contribution in [0.5, 0.6) is 0 Å². The number of aliphatic carboxylic acids is 1. The molecule has 1 aliphatic rings. The fraction of sp³-hybridized carbons (Fsp3) is 0.471. The normalized spacial score (nSPS) is 16.4. The van der Waals surface area contributed by atoms with Gasteiger partial charge in [0.2, 0.25) is 11.7 Å². The van der Waals surface area contributed by atoms with E-state index in [9.17, 15) is 9.18 Å². The number of likely N-dealkylation sites (N-methyl/N-ethyl adjacent to an activating group) is 1. The molecule has 1 aromatic heterocycles. The van der Waals surface area contributed by atoms with E-state index in [0.717, 1.165) is 25.9 Å². The van der Waals surface area contributed by atoms with Crippen molar-refractivity contribution in [2.24, 2.45) is 0 Å². The molecule has 0 amide bonds. The van der Waals surface area contributed by atoms with Gasteiger partial charge in [0, 0.05) is 24.7 Å². The summed E-state index contributed by atoms with van der Waals surface area (Å²) in [5.74, 6) is -0.130. The number of likely N-dealkylation sites (tertiary alicyclic amines) is 1. The van der Waals surface area contributed by atoms with Gasteiger partial charge in [-0.3, -0.25) is 14.6 Å². The SMILES string of the molecule is CN(CC(=O)O)C1CCN(Cc2nc(-c3ccc(F)cc3)no2)CC1. The minimum absolute atomic E-state index is 0.0648. The molecule has 1 aliphatic heterocycles. The molecule has 1 N–H and O–H groups in total. The molecule has 0 atom stereocenters. The van der Waals surface area contributed by atoms with Crippen LogP contribution in [-0.4, -0.2) is 63.7 Å². The Morgan fingerprint density at radius 1 is 1.36 bits per heavy atom. The third-order valence-corrected chi connectivity index (χ3v) is 4.49. The van der Waals surface area contributed by atoms with Crippen LogP contribution in [0, 0.1) is 5.82 Å². The second kappa shape index (κ2) is 7.71. The highest BCUT2D eigenvalue weighted by atomic mass is 19.1. The van der Waals surface area contributed by atoms with Gasteiger partial charge in [-0.2, -0.15) is 4.98 Å². The molecule has 7 nitrogen and oxygen atoms in total. The average molecular weight is 348 g/mol. The first kappa shape index (κ1) is 17.5.